The van der Waals surface area contributed by atoms with Gasteiger partial charge < -0.3 is 9.67 Å². The molecule has 0 saturated carbocycles. The Morgan fingerprint density at radius 3 is 2.65 bits per heavy atom. The van der Waals surface area contributed by atoms with Gasteiger partial charge in [-0.05, 0) is 17.7 Å². The number of hydrogen-bond acceptors (Lipinski definition) is 2. The largest absolute Gasteiger partial charge is 0.478 e. The molecule has 0 amide bonds. The van der Waals surface area contributed by atoms with E-state index in [0.29, 0.717) is 10.9 Å². The molecule has 0 fully saturated rings. The monoisotopic (exact) mass is 349 g/mol. The summed E-state index contributed by atoms with van der Waals surface area (Å²) in [6.07, 6.45) is 5.07. The topological polar surface area (TPSA) is 60.0 Å². The van der Waals surface area contributed by atoms with Crippen LogP contribution in [0.4, 0.5) is 4.39 Å². The lowest BCUT2D eigenvalue weighted by atomic mass is 10.1. The molecule has 0 aliphatic heterocycles. The van der Waals surface area contributed by atoms with Crippen molar-refractivity contribution in [3.05, 3.63) is 78.0 Å². The second-order valence-corrected chi connectivity index (χ2v) is 6.20. The molecular weight excluding hydrogens is 333 g/mol. The normalized spacial score (nSPS) is 11.2. The standard InChI is InChI=1S/C20H16FN3O2/c1-23-10-15(9-22-23)13-6-7-14(18(21)8-13)11-24-12-17(20(25)26)16-4-2-3-5-19(16)24/h2-10,12H,11H2,1H3,(H,25,26). The molecule has 5 nitrogen and oxygen atoms in total. The molecule has 26 heavy (non-hydrogen) atoms. The van der Waals surface area contributed by atoms with Crippen molar-refractivity contribution in [3.63, 3.8) is 0 Å². The van der Waals surface area contributed by atoms with Crippen molar-refractivity contribution in [2.45, 2.75) is 6.54 Å². The zero-order chi connectivity index (χ0) is 18.3. The average molecular weight is 349 g/mol. The van der Waals surface area contributed by atoms with Gasteiger partial charge in [-0.3, -0.25) is 4.68 Å². The molecule has 0 saturated heterocycles. The lowest BCUT2D eigenvalue weighted by Crippen LogP contribution is -2.01. The summed E-state index contributed by atoms with van der Waals surface area (Å²) in [5.41, 5.74) is 3.07. The summed E-state index contributed by atoms with van der Waals surface area (Å²) < 4.78 is 18.1. The Hall–Kier alpha value is -3.41. The number of para-hydroxylation sites is 1. The number of aromatic carboxylic acids is 1. The zero-order valence-electron chi connectivity index (χ0n) is 14.1. The molecule has 130 valence electrons. The van der Waals surface area contributed by atoms with E-state index in [1.54, 1.807) is 39.8 Å². The Morgan fingerprint density at radius 2 is 1.96 bits per heavy atom. The van der Waals surface area contributed by atoms with Crippen LogP contribution in [-0.2, 0) is 13.6 Å². The maximum atomic E-state index is 14.6. The average Bonchev–Trinajstić information content (AvgIpc) is 3.21. The van der Waals surface area contributed by atoms with Gasteiger partial charge in [-0.1, -0.05) is 30.3 Å². The molecule has 0 spiro atoms. The van der Waals surface area contributed by atoms with Gasteiger partial charge in [0.1, 0.15) is 5.82 Å². The molecule has 2 aromatic heterocycles. The molecule has 4 aromatic rings. The van der Waals surface area contributed by atoms with E-state index in [4.69, 9.17) is 0 Å². The number of fused-ring (bicyclic) bond motifs is 1. The molecule has 2 aromatic carbocycles. The van der Waals surface area contributed by atoms with Gasteiger partial charge in [-0.25, -0.2) is 9.18 Å². The van der Waals surface area contributed by atoms with E-state index in [-0.39, 0.29) is 17.9 Å². The zero-order valence-corrected chi connectivity index (χ0v) is 14.1. The van der Waals surface area contributed by atoms with Gasteiger partial charge in [0.15, 0.2) is 0 Å². The number of rotatable bonds is 4. The van der Waals surface area contributed by atoms with Crippen LogP contribution in [0, 0.1) is 5.82 Å². The maximum Gasteiger partial charge on any atom is 0.337 e. The molecule has 0 aliphatic rings. The summed E-state index contributed by atoms with van der Waals surface area (Å²) in [6, 6.07) is 12.3. The van der Waals surface area contributed by atoms with Gasteiger partial charge in [0.25, 0.3) is 0 Å². The number of carboxylic acid groups (broad SMARTS) is 1. The minimum absolute atomic E-state index is 0.216. The number of carbonyl (C=O) groups is 1. The van der Waals surface area contributed by atoms with Crippen LogP contribution in [0.15, 0.2) is 61.1 Å². The molecule has 0 bridgehead atoms. The van der Waals surface area contributed by atoms with Crippen LogP contribution in [0.2, 0.25) is 0 Å². The second kappa shape index (κ2) is 6.15. The molecule has 0 radical (unpaired) electrons. The van der Waals surface area contributed by atoms with E-state index >= 15 is 0 Å². The summed E-state index contributed by atoms with van der Waals surface area (Å²) in [5.74, 6) is -1.33. The third-order valence-electron chi connectivity index (χ3n) is 4.45. The van der Waals surface area contributed by atoms with Crippen molar-refractivity contribution in [1.29, 1.82) is 0 Å². The van der Waals surface area contributed by atoms with Gasteiger partial charge in [0.05, 0.1) is 18.3 Å². The van der Waals surface area contributed by atoms with E-state index in [1.165, 1.54) is 6.07 Å². The van der Waals surface area contributed by atoms with Crippen molar-refractivity contribution < 1.29 is 14.3 Å². The van der Waals surface area contributed by atoms with Gasteiger partial charge in [0, 0.05) is 41.5 Å². The number of carboxylic acids is 1. The van der Waals surface area contributed by atoms with E-state index in [2.05, 4.69) is 5.10 Å². The Morgan fingerprint density at radius 1 is 1.15 bits per heavy atom. The molecule has 0 aliphatic carbocycles. The summed E-state index contributed by atoms with van der Waals surface area (Å²) in [7, 11) is 1.81. The summed E-state index contributed by atoms with van der Waals surface area (Å²) in [5, 5.41) is 14.1. The molecule has 0 atom stereocenters. The molecule has 6 heteroatoms. The van der Waals surface area contributed by atoms with Crippen LogP contribution in [0.25, 0.3) is 22.0 Å². The Balaban J connectivity index is 1.72. The minimum atomic E-state index is -0.993. The van der Waals surface area contributed by atoms with Crippen LogP contribution in [0.1, 0.15) is 15.9 Å². The molecule has 1 N–H and O–H groups in total. The number of aryl methyl sites for hydroxylation is 1. The third kappa shape index (κ3) is 2.75. The highest BCUT2D eigenvalue weighted by atomic mass is 19.1. The van der Waals surface area contributed by atoms with Crippen molar-refractivity contribution in [1.82, 2.24) is 14.3 Å². The van der Waals surface area contributed by atoms with E-state index in [1.807, 2.05) is 31.4 Å². The second-order valence-electron chi connectivity index (χ2n) is 6.20. The number of benzene rings is 2. The van der Waals surface area contributed by atoms with E-state index in [0.717, 1.165) is 16.6 Å². The molecule has 4 rings (SSSR count). The SMILES string of the molecule is Cn1cc(-c2ccc(Cn3cc(C(=O)O)c4ccccc43)c(F)c2)cn1. The van der Waals surface area contributed by atoms with Gasteiger partial charge in [0.2, 0.25) is 0 Å². The number of halogens is 1. The van der Waals surface area contributed by atoms with Crippen LogP contribution in [0.3, 0.4) is 0 Å². The highest BCUT2D eigenvalue weighted by molar-refractivity contribution is 6.03. The van der Waals surface area contributed by atoms with Gasteiger partial charge in [-0.15, -0.1) is 0 Å². The van der Waals surface area contributed by atoms with Crippen LogP contribution in [0.5, 0.6) is 0 Å². The predicted molar refractivity (Wildman–Crippen MR) is 96.6 cm³/mol. The number of nitrogens with zero attached hydrogens (tertiary/aromatic N) is 3. The van der Waals surface area contributed by atoms with Crippen molar-refractivity contribution >= 4 is 16.9 Å². The Labute approximate surface area is 148 Å². The smallest absolute Gasteiger partial charge is 0.337 e. The predicted octanol–water partition coefficient (Wildman–Crippen LogP) is 3.93. The minimum Gasteiger partial charge on any atom is -0.478 e. The number of hydrogen-bond donors (Lipinski definition) is 1. The quantitative estimate of drug-likeness (QED) is 0.607. The summed E-state index contributed by atoms with van der Waals surface area (Å²) in [6.45, 7) is 0.257. The van der Waals surface area contributed by atoms with Gasteiger partial charge in [-0.2, -0.15) is 5.10 Å². The lowest BCUT2D eigenvalue weighted by Gasteiger charge is -2.08. The lowest BCUT2D eigenvalue weighted by molar-refractivity contribution is 0.0699. The van der Waals surface area contributed by atoms with Crippen LogP contribution < -0.4 is 0 Å². The third-order valence-corrected chi connectivity index (χ3v) is 4.45. The van der Waals surface area contributed by atoms with E-state index in [9.17, 15) is 14.3 Å². The molecule has 0 unspecified atom stereocenters. The Bertz CT molecular complexity index is 1130. The highest BCUT2D eigenvalue weighted by Gasteiger charge is 2.15. The van der Waals surface area contributed by atoms with Crippen LogP contribution in [-0.4, -0.2) is 25.4 Å². The van der Waals surface area contributed by atoms with Gasteiger partial charge >= 0.3 is 5.97 Å². The van der Waals surface area contributed by atoms with E-state index < -0.39 is 5.97 Å². The van der Waals surface area contributed by atoms with Crippen LogP contribution >= 0.6 is 0 Å². The first-order valence-corrected chi connectivity index (χ1v) is 8.11. The molecule has 2 heterocycles. The van der Waals surface area contributed by atoms with Crippen molar-refractivity contribution in [2.24, 2.45) is 7.05 Å². The van der Waals surface area contributed by atoms with Crippen molar-refractivity contribution in [2.75, 3.05) is 0 Å². The first kappa shape index (κ1) is 16.1. The fourth-order valence-electron chi connectivity index (χ4n) is 3.16. The Kier molecular flexibility index (Phi) is 3.80. The summed E-state index contributed by atoms with van der Waals surface area (Å²) >= 11 is 0. The fourth-order valence-corrected chi connectivity index (χ4v) is 3.16. The first-order valence-electron chi connectivity index (χ1n) is 8.11. The van der Waals surface area contributed by atoms with Crippen molar-refractivity contribution in [3.8, 4) is 11.1 Å². The fraction of sp³-hybridized carbons (Fsp3) is 0.100. The molecular formula is C20H16FN3O2. The maximum absolute atomic E-state index is 14.6. The summed E-state index contributed by atoms with van der Waals surface area (Å²) in [4.78, 5) is 11.5. The highest BCUT2D eigenvalue weighted by Crippen LogP contribution is 2.25. The first-order chi connectivity index (χ1) is 12.5. The number of aromatic nitrogens is 3.